The summed E-state index contributed by atoms with van der Waals surface area (Å²) in [4.78, 5) is 22.0. The fourth-order valence-electron chi connectivity index (χ4n) is 3.14. The monoisotopic (exact) mass is 399 g/mol. The highest BCUT2D eigenvalue weighted by Crippen LogP contribution is 2.18. The minimum absolute atomic E-state index is 0.416. The van der Waals surface area contributed by atoms with Crippen molar-refractivity contribution in [1.82, 2.24) is 0 Å². The van der Waals surface area contributed by atoms with E-state index in [1.165, 1.54) is 24.8 Å². The number of unbranched alkanes of at least 4 members (excludes halogenated alkanes) is 3. The second-order valence-electron chi connectivity index (χ2n) is 7.16. The Kier molecular flexibility index (Phi) is 9.18. The molecule has 0 aliphatic rings. The van der Waals surface area contributed by atoms with E-state index in [1.54, 1.807) is 12.1 Å². The average Bonchev–Trinajstić information content (AvgIpc) is 2.71. The van der Waals surface area contributed by atoms with Gasteiger partial charge in [0.15, 0.2) is 0 Å². The minimum atomic E-state index is -1.40. The van der Waals surface area contributed by atoms with Gasteiger partial charge in [-0.1, -0.05) is 55.3 Å². The number of hydrogen-bond donors (Lipinski definition) is 3. The Hall–Kier alpha value is -2.86. The van der Waals surface area contributed by atoms with Crippen LogP contribution in [0.15, 0.2) is 54.6 Å². The van der Waals surface area contributed by atoms with Crippen LogP contribution in [-0.4, -0.2) is 34.3 Å². The van der Waals surface area contributed by atoms with Crippen molar-refractivity contribution < 1.29 is 24.5 Å². The second-order valence-corrected chi connectivity index (χ2v) is 7.16. The van der Waals surface area contributed by atoms with Gasteiger partial charge in [0, 0.05) is 0 Å². The number of nitrogens with two attached hydrogens (primary N) is 1. The number of ether oxygens (including phenoxy) is 1. The average molecular weight is 399 g/mol. The fourth-order valence-corrected chi connectivity index (χ4v) is 3.14. The molecule has 6 nitrogen and oxygen atoms in total. The molecule has 0 bridgehead atoms. The van der Waals surface area contributed by atoms with Crippen molar-refractivity contribution in [3.05, 3.63) is 65.7 Å². The first-order valence-electron chi connectivity index (χ1n) is 9.95. The van der Waals surface area contributed by atoms with Crippen LogP contribution in [0.5, 0.6) is 5.75 Å². The lowest BCUT2D eigenvalue weighted by atomic mass is 10.0. The van der Waals surface area contributed by atoms with Crippen molar-refractivity contribution in [3.63, 3.8) is 0 Å². The zero-order chi connectivity index (χ0) is 21.1. The maximum atomic E-state index is 11.0. The molecule has 0 heterocycles. The molecule has 4 N–H and O–H groups in total. The highest BCUT2D eigenvalue weighted by atomic mass is 16.5. The van der Waals surface area contributed by atoms with Crippen molar-refractivity contribution in [2.45, 2.75) is 57.1 Å². The lowest BCUT2D eigenvalue weighted by Gasteiger charge is -2.21. The van der Waals surface area contributed by atoms with Gasteiger partial charge in [-0.3, -0.25) is 9.59 Å². The normalized spacial score (nSPS) is 12.9. The summed E-state index contributed by atoms with van der Waals surface area (Å²) in [5.41, 5.74) is 8.09. The summed E-state index contributed by atoms with van der Waals surface area (Å²) in [6.45, 7) is 0. The summed E-state index contributed by atoms with van der Waals surface area (Å²) >= 11 is 0. The third kappa shape index (κ3) is 8.35. The van der Waals surface area contributed by atoms with Gasteiger partial charge in [0.05, 0.1) is 6.42 Å². The zero-order valence-electron chi connectivity index (χ0n) is 16.5. The Morgan fingerprint density at radius 3 is 1.90 bits per heavy atom. The second kappa shape index (κ2) is 11.9. The molecule has 0 aromatic heterocycles. The van der Waals surface area contributed by atoms with E-state index in [9.17, 15) is 9.59 Å². The molecule has 0 spiro atoms. The van der Waals surface area contributed by atoms with Crippen molar-refractivity contribution in [2.24, 2.45) is 5.73 Å². The molecule has 2 rings (SSSR count). The zero-order valence-corrected chi connectivity index (χ0v) is 16.5. The highest BCUT2D eigenvalue weighted by Gasteiger charge is 2.28. The quantitative estimate of drug-likeness (QED) is 0.443. The summed E-state index contributed by atoms with van der Waals surface area (Å²) < 4.78 is 5.52. The molecule has 2 unspecified atom stereocenters. The Balaban J connectivity index is 1.73. The van der Waals surface area contributed by atoms with Crippen LogP contribution in [0.4, 0.5) is 0 Å². The van der Waals surface area contributed by atoms with E-state index in [0.29, 0.717) is 5.75 Å². The van der Waals surface area contributed by atoms with E-state index in [1.807, 2.05) is 18.2 Å². The molecule has 0 amide bonds. The van der Waals surface area contributed by atoms with E-state index in [2.05, 4.69) is 24.3 Å². The Morgan fingerprint density at radius 2 is 1.38 bits per heavy atom. The molecule has 6 heteroatoms. The standard InChI is InChI=1S/C23H29NO5/c24-22(23(27)28)20(16-21(25)26)29-19-14-12-18(13-15-19)11-5-2-1-4-8-17-9-6-3-7-10-17/h3,6-7,9-10,12-15,20,22H,1-2,4-5,8,11,16,24H2,(H,25,26)(H,27,28). The molecule has 156 valence electrons. The molecule has 0 radical (unpaired) electrons. The summed E-state index contributed by atoms with van der Waals surface area (Å²) in [5, 5.41) is 17.9. The number of carboxylic acids is 2. The van der Waals surface area contributed by atoms with Crippen LogP contribution >= 0.6 is 0 Å². The molecule has 0 fully saturated rings. The van der Waals surface area contributed by atoms with Crippen LogP contribution in [0.2, 0.25) is 0 Å². The summed E-state index contributed by atoms with van der Waals surface area (Å²) in [6, 6.07) is 16.4. The first kappa shape index (κ1) is 22.4. The number of carbonyl (C=O) groups is 2. The van der Waals surface area contributed by atoms with E-state index in [0.717, 1.165) is 24.8 Å². The Bertz CT molecular complexity index is 761. The number of aliphatic carboxylic acids is 2. The van der Waals surface area contributed by atoms with Gasteiger partial charge < -0.3 is 20.7 Å². The largest absolute Gasteiger partial charge is 0.488 e. The molecule has 2 aromatic rings. The molecule has 0 aliphatic carbocycles. The first-order valence-corrected chi connectivity index (χ1v) is 9.95. The molecule has 0 saturated heterocycles. The van der Waals surface area contributed by atoms with Crippen molar-refractivity contribution in [2.75, 3.05) is 0 Å². The maximum absolute atomic E-state index is 11.0. The molecule has 0 aliphatic heterocycles. The molecular weight excluding hydrogens is 370 g/mol. The Morgan fingerprint density at radius 1 is 0.828 bits per heavy atom. The smallest absolute Gasteiger partial charge is 0.324 e. The topological polar surface area (TPSA) is 110 Å². The van der Waals surface area contributed by atoms with Crippen LogP contribution < -0.4 is 10.5 Å². The molecule has 2 aromatic carbocycles. The van der Waals surface area contributed by atoms with Gasteiger partial charge in [-0.2, -0.15) is 0 Å². The highest BCUT2D eigenvalue weighted by molar-refractivity contribution is 5.76. The van der Waals surface area contributed by atoms with Crippen molar-refractivity contribution in [3.8, 4) is 5.75 Å². The van der Waals surface area contributed by atoms with Gasteiger partial charge in [0.25, 0.3) is 0 Å². The van der Waals surface area contributed by atoms with E-state index in [-0.39, 0.29) is 0 Å². The third-order valence-corrected chi connectivity index (χ3v) is 4.80. The molecule has 0 saturated carbocycles. The Labute approximate surface area is 171 Å². The number of hydrogen-bond acceptors (Lipinski definition) is 4. The number of aryl methyl sites for hydroxylation is 2. The lowest BCUT2D eigenvalue weighted by molar-refractivity contribution is -0.143. The van der Waals surface area contributed by atoms with Crippen LogP contribution in [0, 0.1) is 0 Å². The van der Waals surface area contributed by atoms with E-state index in [4.69, 9.17) is 20.7 Å². The van der Waals surface area contributed by atoms with Crippen LogP contribution in [0.1, 0.15) is 43.2 Å². The van der Waals surface area contributed by atoms with Gasteiger partial charge in [0.2, 0.25) is 0 Å². The summed E-state index contributed by atoms with van der Waals surface area (Å²) in [7, 11) is 0. The van der Waals surface area contributed by atoms with Gasteiger partial charge in [0.1, 0.15) is 17.9 Å². The van der Waals surface area contributed by atoms with Crippen molar-refractivity contribution >= 4 is 11.9 Å². The lowest BCUT2D eigenvalue weighted by Crippen LogP contribution is -2.46. The van der Waals surface area contributed by atoms with E-state index >= 15 is 0 Å². The van der Waals surface area contributed by atoms with Gasteiger partial charge >= 0.3 is 11.9 Å². The van der Waals surface area contributed by atoms with E-state index < -0.39 is 30.5 Å². The van der Waals surface area contributed by atoms with Crippen LogP contribution in [-0.2, 0) is 22.4 Å². The molecule has 29 heavy (non-hydrogen) atoms. The van der Waals surface area contributed by atoms with Gasteiger partial charge in [-0.25, -0.2) is 0 Å². The predicted molar refractivity (Wildman–Crippen MR) is 111 cm³/mol. The van der Waals surface area contributed by atoms with Crippen molar-refractivity contribution in [1.29, 1.82) is 0 Å². The predicted octanol–water partition coefficient (Wildman–Crippen LogP) is 3.67. The van der Waals surface area contributed by atoms with Crippen LogP contribution in [0.3, 0.4) is 0 Å². The minimum Gasteiger partial charge on any atom is -0.488 e. The first-order chi connectivity index (χ1) is 14.0. The van der Waals surface area contributed by atoms with Gasteiger partial charge in [-0.15, -0.1) is 0 Å². The number of carboxylic acid groups (broad SMARTS) is 2. The maximum Gasteiger partial charge on any atom is 0.324 e. The summed E-state index contributed by atoms with van der Waals surface area (Å²) in [5.74, 6) is -2.03. The van der Waals surface area contributed by atoms with Gasteiger partial charge in [-0.05, 0) is 48.9 Å². The number of benzene rings is 2. The number of rotatable bonds is 13. The molecular formula is C23H29NO5. The molecule has 2 atom stereocenters. The van der Waals surface area contributed by atoms with Crippen LogP contribution in [0.25, 0.3) is 0 Å². The third-order valence-electron chi connectivity index (χ3n) is 4.80. The fraction of sp³-hybridized carbons (Fsp3) is 0.391. The SMILES string of the molecule is NC(C(=O)O)C(CC(=O)O)Oc1ccc(CCCCCCc2ccccc2)cc1. The summed E-state index contributed by atoms with van der Waals surface area (Å²) in [6.07, 6.45) is 5.12.